The molecule has 0 aromatic heterocycles. The summed E-state index contributed by atoms with van der Waals surface area (Å²) in [5.74, 6) is -0.326. The van der Waals surface area contributed by atoms with Crippen molar-refractivity contribution in [1.29, 1.82) is 0 Å². The van der Waals surface area contributed by atoms with Gasteiger partial charge in [-0.15, -0.1) is 0 Å². The Balaban J connectivity index is 2.10. The Kier molecular flexibility index (Phi) is 5.34. The number of rotatable bonds is 6. The maximum Gasteiger partial charge on any atom is 0.230 e. The summed E-state index contributed by atoms with van der Waals surface area (Å²) in [6.45, 7) is 2.29. The predicted octanol–water partition coefficient (Wildman–Crippen LogP) is 2.91. The SMILES string of the molecule is CCCC(O)CNC(=O)C1(c2ccc(F)cc2)CCCC1. The fourth-order valence-electron chi connectivity index (χ4n) is 3.21. The van der Waals surface area contributed by atoms with Crippen molar-refractivity contribution in [3.8, 4) is 0 Å². The average Bonchev–Trinajstić information content (AvgIpc) is 2.96. The van der Waals surface area contributed by atoms with E-state index in [1.807, 2.05) is 6.92 Å². The first-order valence-corrected chi connectivity index (χ1v) is 7.81. The Morgan fingerprint density at radius 1 is 1.33 bits per heavy atom. The molecule has 1 aliphatic rings. The van der Waals surface area contributed by atoms with Gasteiger partial charge in [-0.25, -0.2) is 4.39 Å². The third-order valence-corrected chi connectivity index (χ3v) is 4.41. The summed E-state index contributed by atoms with van der Waals surface area (Å²) < 4.78 is 13.1. The van der Waals surface area contributed by atoms with Gasteiger partial charge in [0.1, 0.15) is 5.82 Å². The summed E-state index contributed by atoms with van der Waals surface area (Å²) in [6, 6.07) is 6.24. The van der Waals surface area contributed by atoms with Crippen molar-refractivity contribution >= 4 is 5.91 Å². The van der Waals surface area contributed by atoms with Crippen LogP contribution in [0.5, 0.6) is 0 Å². The monoisotopic (exact) mass is 293 g/mol. The lowest BCUT2D eigenvalue weighted by Crippen LogP contribution is -2.45. The van der Waals surface area contributed by atoms with Gasteiger partial charge in [0.2, 0.25) is 5.91 Å². The van der Waals surface area contributed by atoms with Gasteiger partial charge in [0.25, 0.3) is 0 Å². The molecule has 1 unspecified atom stereocenters. The van der Waals surface area contributed by atoms with Gasteiger partial charge in [-0.3, -0.25) is 4.79 Å². The molecule has 1 atom stereocenters. The Morgan fingerprint density at radius 2 is 1.95 bits per heavy atom. The number of carbonyl (C=O) groups is 1. The van der Waals surface area contributed by atoms with Gasteiger partial charge in [0, 0.05) is 6.54 Å². The predicted molar refractivity (Wildman–Crippen MR) is 80.5 cm³/mol. The van der Waals surface area contributed by atoms with Crippen LogP contribution in [0.25, 0.3) is 0 Å². The zero-order chi connectivity index (χ0) is 15.3. The first-order chi connectivity index (χ1) is 10.1. The number of halogens is 1. The highest BCUT2D eigenvalue weighted by Crippen LogP contribution is 2.41. The molecule has 4 heteroatoms. The smallest absolute Gasteiger partial charge is 0.230 e. The van der Waals surface area contributed by atoms with Crippen LogP contribution < -0.4 is 5.32 Å². The van der Waals surface area contributed by atoms with E-state index in [2.05, 4.69) is 5.32 Å². The second kappa shape index (κ2) is 7.03. The number of carbonyl (C=O) groups excluding carboxylic acids is 1. The number of amides is 1. The van der Waals surface area contributed by atoms with Gasteiger partial charge in [-0.2, -0.15) is 0 Å². The van der Waals surface area contributed by atoms with E-state index in [-0.39, 0.29) is 18.3 Å². The average molecular weight is 293 g/mol. The molecule has 21 heavy (non-hydrogen) atoms. The van der Waals surface area contributed by atoms with Crippen LogP contribution in [0, 0.1) is 5.82 Å². The van der Waals surface area contributed by atoms with Gasteiger partial charge in [0.15, 0.2) is 0 Å². The van der Waals surface area contributed by atoms with Crippen LogP contribution in [0.4, 0.5) is 4.39 Å². The molecular formula is C17H24FNO2. The lowest BCUT2D eigenvalue weighted by atomic mass is 9.78. The molecule has 0 spiro atoms. The van der Waals surface area contributed by atoms with Gasteiger partial charge < -0.3 is 10.4 Å². The minimum atomic E-state index is -0.556. The van der Waals surface area contributed by atoms with E-state index in [1.165, 1.54) is 12.1 Å². The zero-order valence-electron chi connectivity index (χ0n) is 12.6. The molecule has 0 radical (unpaired) electrons. The van der Waals surface area contributed by atoms with Crippen molar-refractivity contribution in [2.75, 3.05) is 6.54 Å². The molecule has 3 nitrogen and oxygen atoms in total. The van der Waals surface area contributed by atoms with Crippen LogP contribution in [0.15, 0.2) is 24.3 Å². The molecule has 0 saturated heterocycles. The number of aliphatic hydroxyl groups is 1. The van der Waals surface area contributed by atoms with Gasteiger partial charge in [-0.1, -0.05) is 38.3 Å². The Morgan fingerprint density at radius 3 is 2.52 bits per heavy atom. The first kappa shape index (κ1) is 16.0. The lowest BCUT2D eigenvalue weighted by Gasteiger charge is -2.29. The number of hydrogen-bond donors (Lipinski definition) is 2. The molecular weight excluding hydrogens is 269 g/mol. The largest absolute Gasteiger partial charge is 0.391 e. The Hall–Kier alpha value is -1.42. The van der Waals surface area contributed by atoms with E-state index >= 15 is 0 Å². The van der Waals surface area contributed by atoms with Crippen molar-refractivity contribution in [3.05, 3.63) is 35.6 Å². The van der Waals surface area contributed by atoms with Crippen molar-refractivity contribution in [1.82, 2.24) is 5.32 Å². The molecule has 1 aromatic carbocycles. The first-order valence-electron chi connectivity index (χ1n) is 7.81. The number of benzene rings is 1. The fourth-order valence-corrected chi connectivity index (χ4v) is 3.21. The summed E-state index contributed by atoms with van der Waals surface area (Å²) in [7, 11) is 0. The Bertz CT molecular complexity index is 466. The highest BCUT2D eigenvalue weighted by atomic mass is 19.1. The molecule has 0 heterocycles. The van der Waals surface area contributed by atoms with Crippen LogP contribution in [-0.2, 0) is 10.2 Å². The van der Waals surface area contributed by atoms with Gasteiger partial charge in [-0.05, 0) is 37.0 Å². The summed E-state index contributed by atoms with van der Waals surface area (Å²) in [5, 5.41) is 12.6. The van der Waals surface area contributed by atoms with E-state index in [1.54, 1.807) is 12.1 Å². The van der Waals surface area contributed by atoms with Gasteiger partial charge in [0.05, 0.1) is 11.5 Å². The number of nitrogens with one attached hydrogen (secondary N) is 1. The molecule has 1 fully saturated rings. The fraction of sp³-hybridized carbons (Fsp3) is 0.588. The normalized spacial score (nSPS) is 18.4. The minimum absolute atomic E-state index is 0.0400. The molecule has 1 saturated carbocycles. The molecule has 0 bridgehead atoms. The highest BCUT2D eigenvalue weighted by Gasteiger charge is 2.42. The topological polar surface area (TPSA) is 49.3 Å². The molecule has 116 valence electrons. The molecule has 1 amide bonds. The molecule has 1 aliphatic carbocycles. The van der Waals surface area contributed by atoms with Crippen molar-refractivity contribution in [3.63, 3.8) is 0 Å². The third-order valence-electron chi connectivity index (χ3n) is 4.41. The van der Waals surface area contributed by atoms with E-state index in [9.17, 15) is 14.3 Å². The van der Waals surface area contributed by atoms with Crippen molar-refractivity contribution < 1.29 is 14.3 Å². The summed E-state index contributed by atoms with van der Waals surface area (Å²) in [4.78, 5) is 12.6. The molecule has 1 aromatic rings. The molecule has 0 aliphatic heterocycles. The minimum Gasteiger partial charge on any atom is -0.391 e. The lowest BCUT2D eigenvalue weighted by molar-refractivity contribution is -0.127. The molecule has 2 N–H and O–H groups in total. The summed E-state index contributed by atoms with van der Waals surface area (Å²) >= 11 is 0. The second-order valence-corrected chi connectivity index (χ2v) is 5.95. The van der Waals surface area contributed by atoms with E-state index in [0.717, 1.165) is 37.7 Å². The standard InChI is InChI=1S/C17H24FNO2/c1-2-5-15(20)12-19-16(21)17(10-3-4-11-17)13-6-8-14(18)9-7-13/h6-9,15,20H,2-5,10-12H2,1H3,(H,19,21). The maximum atomic E-state index is 13.1. The van der Waals surface area contributed by atoms with E-state index in [0.29, 0.717) is 6.42 Å². The van der Waals surface area contributed by atoms with Crippen LogP contribution in [0.2, 0.25) is 0 Å². The maximum absolute atomic E-state index is 13.1. The number of hydrogen-bond acceptors (Lipinski definition) is 2. The third kappa shape index (κ3) is 3.62. The van der Waals surface area contributed by atoms with Crippen LogP contribution in [-0.4, -0.2) is 23.7 Å². The van der Waals surface area contributed by atoms with Crippen molar-refractivity contribution in [2.24, 2.45) is 0 Å². The van der Waals surface area contributed by atoms with Crippen molar-refractivity contribution in [2.45, 2.75) is 57.0 Å². The van der Waals surface area contributed by atoms with Crippen LogP contribution >= 0.6 is 0 Å². The van der Waals surface area contributed by atoms with Crippen LogP contribution in [0.1, 0.15) is 51.0 Å². The Labute approximate surface area is 125 Å². The second-order valence-electron chi connectivity index (χ2n) is 5.95. The summed E-state index contributed by atoms with van der Waals surface area (Å²) in [5.41, 5.74) is 0.323. The van der Waals surface area contributed by atoms with Crippen LogP contribution in [0.3, 0.4) is 0 Å². The molecule has 2 rings (SSSR count). The van der Waals surface area contributed by atoms with Gasteiger partial charge >= 0.3 is 0 Å². The van der Waals surface area contributed by atoms with E-state index in [4.69, 9.17) is 0 Å². The quantitative estimate of drug-likeness (QED) is 0.847. The highest BCUT2D eigenvalue weighted by molar-refractivity contribution is 5.88. The summed E-state index contributed by atoms with van der Waals surface area (Å²) in [6.07, 6.45) is 4.66. The van der Waals surface area contributed by atoms with E-state index < -0.39 is 11.5 Å². The number of aliphatic hydroxyl groups excluding tert-OH is 1. The zero-order valence-corrected chi connectivity index (χ0v) is 12.6.